The number of aryl methyl sites for hydroxylation is 1. The van der Waals surface area contributed by atoms with Crippen LogP contribution in [0.25, 0.3) is 0 Å². The van der Waals surface area contributed by atoms with Crippen molar-refractivity contribution in [2.75, 3.05) is 6.54 Å². The number of carbonyl (C=O) groups is 2. The van der Waals surface area contributed by atoms with Gasteiger partial charge < -0.3 is 31.2 Å². The second-order valence-corrected chi connectivity index (χ2v) is 6.67. The minimum absolute atomic E-state index is 0.0465. The summed E-state index contributed by atoms with van der Waals surface area (Å²) in [7, 11) is -1.39. The largest absolute Gasteiger partial charge is 0.547 e. The van der Waals surface area contributed by atoms with Gasteiger partial charge in [0.05, 0.1) is 17.9 Å². The number of benzene rings is 1. The Morgan fingerprint density at radius 3 is 2.97 bits per heavy atom. The van der Waals surface area contributed by atoms with Crippen LogP contribution >= 0.6 is 0 Å². The van der Waals surface area contributed by atoms with Crippen molar-refractivity contribution in [2.24, 2.45) is 5.73 Å². The molecule has 0 radical (unpaired) electrons. The van der Waals surface area contributed by atoms with Crippen LogP contribution in [0.5, 0.6) is 5.75 Å². The van der Waals surface area contributed by atoms with Crippen molar-refractivity contribution in [3.05, 3.63) is 35.2 Å². The first kappa shape index (κ1) is 21.0. The summed E-state index contributed by atoms with van der Waals surface area (Å²) in [5.41, 5.74) is 5.74. The fraction of sp³-hybridized carbons (Fsp3) is 0.375. The summed E-state index contributed by atoms with van der Waals surface area (Å²) in [5.74, 6) is -2.01. The smallest absolute Gasteiger partial charge is 0.534 e. The first-order chi connectivity index (χ1) is 14.3. The molecule has 0 bridgehead atoms. The molecular weight excluding hydrogens is 395 g/mol. The van der Waals surface area contributed by atoms with E-state index in [0.29, 0.717) is 30.9 Å². The fourth-order valence-electron chi connectivity index (χ4n) is 3.09. The van der Waals surface area contributed by atoms with E-state index < -0.39 is 24.9 Å². The first-order valence-corrected chi connectivity index (χ1v) is 9.17. The molecule has 0 fully saturated rings. The number of rotatable bonds is 8. The average Bonchev–Trinajstić information content (AvgIpc) is 3.11. The highest BCUT2D eigenvalue weighted by Gasteiger charge is 2.37. The van der Waals surface area contributed by atoms with E-state index in [-0.39, 0.29) is 30.1 Å². The highest BCUT2D eigenvalue weighted by Crippen LogP contribution is 2.30. The van der Waals surface area contributed by atoms with Gasteiger partial charge in [-0.15, -0.1) is 5.10 Å². The van der Waals surface area contributed by atoms with E-state index in [4.69, 9.17) is 15.8 Å². The van der Waals surface area contributed by atoms with Gasteiger partial charge in [0.1, 0.15) is 5.75 Å². The average molecular weight is 416 g/mol. The molecule has 2 aromatic rings. The van der Waals surface area contributed by atoms with Gasteiger partial charge in [-0.3, -0.25) is 10.2 Å². The third kappa shape index (κ3) is 5.02. The van der Waals surface area contributed by atoms with E-state index in [1.54, 1.807) is 12.1 Å². The quantitative estimate of drug-likeness (QED) is 0.120. The molecule has 7 N–H and O–H groups in total. The number of nitrogens with one attached hydrogen (secondary N) is 3. The number of carboxylic acids is 1. The van der Waals surface area contributed by atoms with Gasteiger partial charge in [-0.05, 0) is 34.9 Å². The molecule has 0 aliphatic carbocycles. The molecule has 3 rings (SSSR count). The van der Waals surface area contributed by atoms with Crippen molar-refractivity contribution in [3.8, 4) is 5.75 Å². The molecule has 30 heavy (non-hydrogen) atoms. The number of aromatic carboxylic acids is 1. The van der Waals surface area contributed by atoms with Crippen LogP contribution in [0.1, 0.15) is 28.2 Å². The normalized spacial score (nSPS) is 15.1. The molecule has 2 heterocycles. The van der Waals surface area contributed by atoms with Gasteiger partial charge >= 0.3 is 13.1 Å². The van der Waals surface area contributed by atoms with Crippen LogP contribution in [0, 0.1) is 5.41 Å². The van der Waals surface area contributed by atoms with Gasteiger partial charge in [-0.1, -0.05) is 12.1 Å². The molecule has 0 saturated heterocycles. The van der Waals surface area contributed by atoms with E-state index in [9.17, 15) is 19.7 Å². The lowest BCUT2D eigenvalue weighted by Crippen LogP contribution is -2.53. The summed E-state index contributed by atoms with van der Waals surface area (Å²) >= 11 is 0. The second kappa shape index (κ2) is 9.22. The monoisotopic (exact) mass is 416 g/mol. The Hall–Kier alpha value is -3.68. The van der Waals surface area contributed by atoms with Crippen molar-refractivity contribution in [1.29, 1.82) is 5.41 Å². The lowest BCUT2D eigenvalue weighted by atomic mass is 9.72. The number of fused-ring (bicyclic) bond motifs is 1. The van der Waals surface area contributed by atoms with Gasteiger partial charge in [-0.2, -0.15) is 0 Å². The molecule has 13 nitrogen and oxygen atoms in total. The number of carboxylic acid groups (broad SMARTS) is 1. The number of para-hydroxylation sites is 1. The third-order valence-electron chi connectivity index (χ3n) is 4.48. The molecule has 1 aromatic carbocycles. The van der Waals surface area contributed by atoms with Crippen LogP contribution in [-0.4, -0.2) is 67.8 Å². The lowest BCUT2D eigenvalue weighted by molar-refractivity contribution is -0.121. The predicted molar refractivity (Wildman–Crippen MR) is 104 cm³/mol. The number of aromatic nitrogens is 4. The van der Waals surface area contributed by atoms with E-state index in [1.165, 1.54) is 10.7 Å². The van der Waals surface area contributed by atoms with Crippen LogP contribution in [0.3, 0.4) is 0 Å². The van der Waals surface area contributed by atoms with Crippen molar-refractivity contribution >= 4 is 25.0 Å². The Balaban J connectivity index is 1.58. The molecule has 1 atom stereocenters. The summed E-state index contributed by atoms with van der Waals surface area (Å²) in [4.78, 5) is 23.7. The van der Waals surface area contributed by atoms with Crippen molar-refractivity contribution in [2.45, 2.75) is 31.7 Å². The zero-order chi connectivity index (χ0) is 21.7. The number of carbonyl (C=O) groups excluding carboxylic acids is 1. The number of nitrogens with zero attached hydrogens (tertiary/aromatic N) is 4. The Kier molecular flexibility index (Phi) is 6.46. The molecule has 1 unspecified atom stereocenters. The first-order valence-electron chi connectivity index (χ1n) is 9.17. The maximum atomic E-state index is 12.4. The van der Waals surface area contributed by atoms with E-state index in [2.05, 4.69) is 26.2 Å². The number of hydrogen-bond acceptors (Lipinski definition) is 8. The van der Waals surface area contributed by atoms with Crippen molar-refractivity contribution in [1.82, 2.24) is 30.8 Å². The van der Waals surface area contributed by atoms with Crippen molar-refractivity contribution in [3.63, 3.8) is 0 Å². The highest BCUT2D eigenvalue weighted by atomic mass is 16.5. The van der Waals surface area contributed by atoms with E-state index in [0.717, 1.165) is 0 Å². The van der Waals surface area contributed by atoms with Crippen LogP contribution < -0.4 is 21.0 Å². The minimum atomic E-state index is -1.39. The number of hydrogen-bond donors (Lipinski definition) is 6. The standard InChI is InChI=1S/C16H21BN8O5/c18-16(19)20-5-2-6-25-12(22-23-24-25)8-13(26)21-11-7-9-3-1-4-10(15(27)28)14(9)30-17(11)29/h1,3-4,11,29H,2,5-8H2,(H,21,26)(H,27,28)(H4,18,19,20). The van der Waals surface area contributed by atoms with Crippen LogP contribution in [0.15, 0.2) is 18.2 Å². The number of amides is 1. The SMILES string of the molecule is N=C(N)NCCCn1nnnc1CC(=O)NC1Cc2cccc(C(=O)O)c2OB1O. The predicted octanol–water partition coefficient (Wildman–Crippen LogP) is -2.07. The summed E-state index contributed by atoms with van der Waals surface area (Å²) in [5, 5.41) is 43.2. The van der Waals surface area contributed by atoms with E-state index >= 15 is 0 Å². The van der Waals surface area contributed by atoms with Crippen LogP contribution in [0.4, 0.5) is 0 Å². The van der Waals surface area contributed by atoms with Gasteiger partial charge in [0.2, 0.25) is 5.91 Å². The number of guanidine groups is 1. The number of nitrogens with two attached hydrogens (primary N) is 1. The molecule has 0 spiro atoms. The summed E-state index contributed by atoms with van der Waals surface area (Å²) in [6.07, 6.45) is 0.695. The molecule has 1 aromatic heterocycles. The van der Waals surface area contributed by atoms with Gasteiger partial charge in [0.25, 0.3) is 0 Å². The molecular formula is C16H21BN8O5. The molecule has 1 aliphatic heterocycles. The molecule has 1 amide bonds. The summed E-state index contributed by atoms with van der Waals surface area (Å²) in [6.45, 7) is 0.889. The second-order valence-electron chi connectivity index (χ2n) is 6.67. The molecule has 1 aliphatic rings. The maximum absolute atomic E-state index is 12.4. The Morgan fingerprint density at radius 2 is 2.23 bits per heavy atom. The number of tetrazole rings is 1. The molecule has 0 saturated carbocycles. The zero-order valence-corrected chi connectivity index (χ0v) is 15.9. The maximum Gasteiger partial charge on any atom is 0.547 e. The summed E-state index contributed by atoms with van der Waals surface area (Å²) in [6, 6.07) is 4.65. The Morgan fingerprint density at radius 1 is 1.43 bits per heavy atom. The van der Waals surface area contributed by atoms with Gasteiger partial charge in [0, 0.05) is 13.1 Å². The molecule has 158 valence electrons. The summed E-state index contributed by atoms with van der Waals surface area (Å²) < 4.78 is 6.84. The van der Waals surface area contributed by atoms with E-state index in [1.807, 2.05) is 0 Å². The van der Waals surface area contributed by atoms with Crippen LogP contribution in [0.2, 0.25) is 0 Å². The van der Waals surface area contributed by atoms with Gasteiger partial charge in [-0.25, -0.2) is 9.48 Å². The Bertz CT molecular complexity index is 951. The highest BCUT2D eigenvalue weighted by molar-refractivity contribution is 6.47. The fourth-order valence-corrected chi connectivity index (χ4v) is 3.09. The topological polar surface area (TPSA) is 201 Å². The van der Waals surface area contributed by atoms with Gasteiger partial charge in [0.15, 0.2) is 11.8 Å². The minimum Gasteiger partial charge on any atom is -0.534 e. The third-order valence-corrected chi connectivity index (χ3v) is 4.48. The molecule has 14 heteroatoms. The zero-order valence-electron chi connectivity index (χ0n) is 15.9. The van der Waals surface area contributed by atoms with Crippen LogP contribution in [-0.2, 0) is 24.2 Å². The van der Waals surface area contributed by atoms with Crippen molar-refractivity contribution < 1.29 is 24.4 Å². The lowest BCUT2D eigenvalue weighted by Gasteiger charge is -2.28. The Labute approximate surface area is 171 Å².